The maximum Gasteiger partial charge on any atom is 0.317 e. The van der Waals surface area contributed by atoms with Crippen LogP contribution < -0.4 is 5.32 Å². The third kappa shape index (κ3) is 3.67. The first-order valence-electron chi connectivity index (χ1n) is 5.48. The quantitative estimate of drug-likeness (QED) is 0.760. The van der Waals surface area contributed by atoms with Crippen LogP contribution in [0.1, 0.15) is 28.4 Å². The number of ketones is 1. The Bertz CT molecular complexity index is 440. The number of rotatable bonds is 5. The van der Waals surface area contributed by atoms with Crippen molar-refractivity contribution >= 4 is 11.8 Å². The van der Waals surface area contributed by atoms with Crippen LogP contribution in [0.5, 0.6) is 0 Å². The summed E-state index contributed by atoms with van der Waals surface area (Å²) in [7, 11) is 0. The lowest BCUT2D eigenvalue weighted by molar-refractivity contribution is -0.136. The van der Waals surface area contributed by atoms with Crippen LogP contribution in [0.2, 0.25) is 0 Å². The van der Waals surface area contributed by atoms with Crippen molar-refractivity contribution in [3.8, 4) is 0 Å². The summed E-state index contributed by atoms with van der Waals surface area (Å²) in [5.74, 6) is -1.05. The van der Waals surface area contributed by atoms with E-state index in [0.29, 0.717) is 5.56 Å². The van der Waals surface area contributed by atoms with Gasteiger partial charge in [-0.2, -0.15) is 0 Å². The van der Waals surface area contributed by atoms with Gasteiger partial charge < -0.3 is 5.11 Å². The minimum Gasteiger partial charge on any atom is -0.480 e. The van der Waals surface area contributed by atoms with Crippen LogP contribution in [-0.4, -0.2) is 29.4 Å². The number of Topliss-reactive ketones (excluding diaryl/α,β-unsaturated/α-hetero) is 1. The third-order valence-electron chi connectivity index (χ3n) is 2.60. The molecule has 0 saturated carbocycles. The van der Waals surface area contributed by atoms with Crippen LogP contribution in [0.4, 0.5) is 0 Å². The van der Waals surface area contributed by atoms with Gasteiger partial charge in [-0.3, -0.25) is 14.9 Å². The summed E-state index contributed by atoms with van der Waals surface area (Å²) in [4.78, 5) is 22.4. The van der Waals surface area contributed by atoms with Crippen LogP contribution in [0.25, 0.3) is 0 Å². The third-order valence-corrected chi connectivity index (χ3v) is 2.60. The van der Waals surface area contributed by atoms with Crippen LogP contribution >= 0.6 is 0 Å². The van der Waals surface area contributed by atoms with Crippen LogP contribution in [0.15, 0.2) is 18.2 Å². The van der Waals surface area contributed by atoms with Crippen molar-refractivity contribution in [3.05, 3.63) is 34.9 Å². The number of carbonyl (C=O) groups excluding carboxylic acids is 1. The van der Waals surface area contributed by atoms with Gasteiger partial charge in [-0.05, 0) is 26.3 Å². The second kappa shape index (κ2) is 5.59. The Morgan fingerprint density at radius 2 is 2.00 bits per heavy atom. The molecule has 1 aromatic rings. The molecule has 1 atom stereocenters. The first kappa shape index (κ1) is 13.4. The second-order valence-corrected chi connectivity index (χ2v) is 4.18. The lowest BCUT2D eigenvalue weighted by Gasteiger charge is -2.13. The molecule has 2 N–H and O–H groups in total. The summed E-state index contributed by atoms with van der Waals surface area (Å²) in [6.07, 6.45) is 0. The molecule has 0 fully saturated rings. The maximum absolute atomic E-state index is 12.0. The number of carboxylic acids is 1. The van der Waals surface area contributed by atoms with Gasteiger partial charge >= 0.3 is 5.97 Å². The standard InChI is InChI=1S/C13H17NO3/c1-8-4-5-11(9(2)6-8)13(17)10(3)14-7-12(15)16/h4-6,10,14H,7H2,1-3H3,(H,15,16). The highest BCUT2D eigenvalue weighted by Crippen LogP contribution is 2.12. The number of carbonyl (C=O) groups is 2. The first-order valence-corrected chi connectivity index (χ1v) is 5.48. The molecule has 0 bridgehead atoms. The molecule has 4 heteroatoms. The second-order valence-electron chi connectivity index (χ2n) is 4.18. The molecule has 17 heavy (non-hydrogen) atoms. The van der Waals surface area contributed by atoms with Crippen LogP contribution in [-0.2, 0) is 4.79 Å². The van der Waals surface area contributed by atoms with Gasteiger partial charge in [0.05, 0.1) is 12.6 Å². The molecule has 0 aromatic heterocycles. The summed E-state index contributed by atoms with van der Waals surface area (Å²) in [5, 5.41) is 11.2. The average molecular weight is 235 g/mol. The van der Waals surface area contributed by atoms with Crippen molar-refractivity contribution in [1.29, 1.82) is 0 Å². The summed E-state index contributed by atoms with van der Waals surface area (Å²) in [6, 6.07) is 5.11. The zero-order chi connectivity index (χ0) is 13.0. The maximum atomic E-state index is 12.0. The van der Waals surface area contributed by atoms with E-state index >= 15 is 0 Å². The normalized spacial score (nSPS) is 12.2. The molecule has 1 rings (SSSR count). The highest BCUT2D eigenvalue weighted by molar-refractivity contribution is 6.01. The number of carboxylic acid groups (broad SMARTS) is 1. The predicted octanol–water partition coefficient (Wildman–Crippen LogP) is 1.55. The van der Waals surface area contributed by atoms with Crippen molar-refractivity contribution in [2.75, 3.05) is 6.54 Å². The van der Waals surface area contributed by atoms with Crippen LogP contribution in [0, 0.1) is 13.8 Å². The fourth-order valence-electron chi connectivity index (χ4n) is 1.66. The van der Waals surface area contributed by atoms with Gasteiger partial charge in [-0.15, -0.1) is 0 Å². The summed E-state index contributed by atoms with van der Waals surface area (Å²) in [5.41, 5.74) is 2.66. The van der Waals surface area contributed by atoms with Gasteiger partial charge in [-0.25, -0.2) is 0 Å². The molecule has 0 aliphatic carbocycles. The summed E-state index contributed by atoms with van der Waals surface area (Å²) >= 11 is 0. The van der Waals surface area contributed by atoms with E-state index in [2.05, 4.69) is 5.32 Å². The van der Waals surface area contributed by atoms with Gasteiger partial charge in [0, 0.05) is 5.56 Å². The molecule has 0 aliphatic heterocycles. The van der Waals surface area contributed by atoms with Gasteiger partial charge in [0.1, 0.15) is 0 Å². The Morgan fingerprint density at radius 1 is 1.35 bits per heavy atom. The van der Waals surface area contributed by atoms with E-state index in [1.807, 2.05) is 26.0 Å². The molecular weight excluding hydrogens is 218 g/mol. The molecule has 1 unspecified atom stereocenters. The Kier molecular flexibility index (Phi) is 4.40. The van der Waals surface area contributed by atoms with Crippen molar-refractivity contribution in [3.63, 3.8) is 0 Å². The number of benzene rings is 1. The molecule has 4 nitrogen and oxygen atoms in total. The highest BCUT2D eigenvalue weighted by atomic mass is 16.4. The number of aliphatic carboxylic acids is 1. The smallest absolute Gasteiger partial charge is 0.317 e. The van der Waals surface area contributed by atoms with E-state index in [4.69, 9.17) is 5.11 Å². The Balaban J connectivity index is 2.78. The minimum absolute atomic E-state index is 0.0799. The van der Waals surface area contributed by atoms with Crippen LogP contribution in [0.3, 0.4) is 0 Å². The monoisotopic (exact) mass is 235 g/mol. The van der Waals surface area contributed by atoms with Gasteiger partial charge in [0.15, 0.2) is 5.78 Å². The first-order chi connectivity index (χ1) is 7.91. The molecule has 1 aromatic carbocycles. The Hall–Kier alpha value is -1.68. The largest absolute Gasteiger partial charge is 0.480 e. The minimum atomic E-state index is -0.967. The molecular formula is C13H17NO3. The molecule has 92 valence electrons. The molecule has 0 aliphatic rings. The van der Waals surface area contributed by atoms with Crippen molar-refractivity contribution in [2.45, 2.75) is 26.8 Å². The molecule has 0 heterocycles. The van der Waals surface area contributed by atoms with Gasteiger partial charge in [0.2, 0.25) is 0 Å². The van der Waals surface area contributed by atoms with Crippen molar-refractivity contribution in [1.82, 2.24) is 5.32 Å². The van der Waals surface area contributed by atoms with Gasteiger partial charge in [0.25, 0.3) is 0 Å². The Morgan fingerprint density at radius 3 is 2.53 bits per heavy atom. The fraction of sp³-hybridized carbons (Fsp3) is 0.385. The average Bonchev–Trinajstić information content (AvgIpc) is 2.25. The number of hydrogen-bond donors (Lipinski definition) is 2. The highest BCUT2D eigenvalue weighted by Gasteiger charge is 2.17. The lowest BCUT2D eigenvalue weighted by Crippen LogP contribution is -2.37. The van der Waals surface area contributed by atoms with E-state index in [-0.39, 0.29) is 12.3 Å². The molecule has 0 saturated heterocycles. The van der Waals surface area contributed by atoms with E-state index in [9.17, 15) is 9.59 Å². The topological polar surface area (TPSA) is 66.4 Å². The van der Waals surface area contributed by atoms with E-state index in [1.165, 1.54) is 0 Å². The Labute approximate surface area is 101 Å². The van der Waals surface area contributed by atoms with E-state index in [1.54, 1.807) is 13.0 Å². The SMILES string of the molecule is Cc1ccc(C(=O)C(C)NCC(=O)O)c(C)c1. The van der Waals surface area contributed by atoms with Crippen molar-refractivity contribution < 1.29 is 14.7 Å². The van der Waals surface area contributed by atoms with E-state index < -0.39 is 12.0 Å². The van der Waals surface area contributed by atoms with Gasteiger partial charge in [-0.1, -0.05) is 23.8 Å². The summed E-state index contributed by atoms with van der Waals surface area (Å²) < 4.78 is 0. The number of nitrogens with one attached hydrogen (secondary N) is 1. The predicted molar refractivity (Wildman–Crippen MR) is 65.3 cm³/mol. The van der Waals surface area contributed by atoms with Crippen molar-refractivity contribution in [2.24, 2.45) is 0 Å². The lowest BCUT2D eigenvalue weighted by atomic mass is 9.98. The zero-order valence-electron chi connectivity index (χ0n) is 10.3. The summed E-state index contributed by atoms with van der Waals surface area (Å²) in [6.45, 7) is 5.31. The van der Waals surface area contributed by atoms with E-state index in [0.717, 1.165) is 11.1 Å². The zero-order valence-corrected chi connectivity index (χ0v) is 10.3. The number of aryl methyl sites for hydroxylation is 2. The fourth-order valence-corrected chi connectivity index (χ4v) is 1.66. The number of hydrogen-bond acceptors (Lipinski definition) is 3. The molecule has 0 amide bonds. The molecule has 0 radical (unpaired) electrons. The molecule has 0 spiro atoms.